The van der Waals surface area contributed by atoms with Crippen molar-refractivity contribution >= 4 is 29.3 Å². The molecule has 0 saturated heterocycles. The number of carbonyl (C=O) groups excluding carboxylic acids is 2. The third-order valence-electron chi connectivity index (χ3n) is 3.45. The average Bonchev–Trinajstić information content (AvgIpc) is 3.15. The SMILES string of the molecule is O=CNc1ccccc1C(=O)NCc1cccc(-c2nccs2)c1. The van der Waals surface area contributed by atoms with Gasteiger partial charge in [0.1, 0.15) is 5.01 Å². The van der Waals surface area contributed by atoms with Crippen molar-refractivity contribution in [3.8, 4) is 10.6 Å². The molecule has 120 valence electrons. The van der Waals surface area contributed by atoms with Gasteiger partial charge in [-0.3, -0.25) is 9.59 Å². The van der Waals surface area contributed by atoms with Crippen molar-refractivity contribution in [1.82, 2.24) is 10.3 Å². The summed E-state index contributed by atoms with van der Waals surface area (Å²) in [5.74, 6) is -0.236. The number of amides is 2. The molecule has 0 aliphatic carbocycles. The second kappa shape index (κ2) is 7.52. The van der Waals surface area contributed by atoms with Crippen LogP contribution in [0.15, 0.2) is 60.1 Å². The Morgan fingerprint density at radius 3 is 2.83 bits per heavy atom. The molecule has 0 radical (unpaired) electrons. The van der Waals surface area contributed by atoms with Crippen molar-refractivity contribution in [3.05, 3.63) is 71.2 Å². The minimum absolute atomic E-state index is 0.236. The lowest BCUT2D eigenvalue weighted by atomic mass is 10.1. The smallest absolute Gasteiger partial charge is 0.253 e. The molecule has 0 unspecified atom stereocenters. The zero-order valence-electron chi connectivity index (χ0n) is 12.7. The van der Waals surface area contributed by atoms with Gasteiger partial charge in [0.2, 0.25) is 6.41 Å². The number of anilines is 1. The molecule has 0 spiro atoms. The van der Waals surface area contributed by atoms with Crippen molar-refractivity contribution in [3.63, 3.8) is 0 Å². The molecule has 2 amide bonds. The van der Waals surface area contributed by atoms with Gasteiger partial charge < -0.3 is 10.6 Å². The van der Waals surface area contributed by atoms with Crippen LogP contribution in [0.4, 0.5) is 5.69 Å². The molecule has 0 fully saturated rings. The van der Waals surface area contributed by atoms with Gasteiger partial charge in [0.15, 0.2) is 0 Å². The van der Waals surface area contributed by atoms with Gasteiger partial charge in [-0.05, 0) is 23.8 Å². The van der Waals surface area contributed by atoms with Crippen LogP contribution in [0.3, 0.4) is 0 Å². The first kappa shape index (κ1) is 15.9. The molecule has 5 nitrogen and oxygen atoms in total. The molecule has 3 aromatic rings. The minimum atomic E-state index is -0.236. The van der Waals surface area contributed by atoms with Gasteiger partial charge in [-0.15, -0.1) is 11.3 Å². The van der Waals surface area contributed by atoms with E-state index in [0.29, 0.717) is 24.2 Å². The van der Waals surface area contributed by atoms with Crippen LogP contribution in [-0.2, 0) is 11.3 Å². The summed E-state index contributed by atoms with van der Waals surface area (Å²) in [6.45, 7) is 0.396. The Hall–Kier alpha value is -2.99. The number of hydrogen-bond acceptors (Lipinski definition) is 4. The van der Waals surface area contributed by atoms with Gasteiger partial charge in [-0.25, -0.2) is 4.98 Å². The van der Waals surface area contributed by atoms with Gasteiger partial charge in [-0.1, -0.05) is 30.3 Å². The van der Waals surface area contributed by atoms with Crippen LogP contribution in [0.5, 0.6) is 0 Å². The van der Waals surface area contributed by atoms with E-state index in [9.17, 15) is 9.59 Å². The molecule has 2 aromatic carbocycles. The third-order valence-corrected chi connectivity index (χ3v) is 4.27. The Labute approximate surface area is 143 Å². The molecule has 0 aliphatic heterocycles. The molecular weight excluding hydrogens is 322 g/mol. The van der Waals surface area contributed by atoms with E-state index < -0.39 is 0 Å². The van der Waals surface area contributed by atoms with E-state index in [-0.39, 0.29) is 5.91 Å². The van der Waals surface area contributed by atoms with E-state index in [1.54, 1.807) is 41.8 Å². The van der Waals surface area contributed by atoms with Gasteiger partial charge in [-0.2, -0.15) is 0 Å². The second-order valence-electron chi connectivity index (χ2n) is 5.03. The van der Waals surface area contributed by atoms with Gasteiger partial charge in [0.05, 0.1) is 11.3 Å². The normalized spacial score (nSPS) is 10.2. The maximum absolute atomic E-state index is 12.3. The van der Waals surface area contributed by atoms with Crippen LogP contribution in [0.25, 0.3) is 10.6 Å². The van der Waals surface area contributed by atoms with Crippen molar-refractivity contribution < 1.29 is 9.59 Å². The zero-order valence-corrected chi connectivity index (χ0v) is 13.5. The molecule has 0 bridgehead atoms. The number of nitrogens with zero attached hydrogens (tertiary/aromatic N) is 1. The number of hydrogen-bond donors (Lipinski definition) is 2. The van der Waals surface area contributed by atoms with Crippen LogP contribution in [-0.4, -0.2) is 17.3 Å². The Bertz CT molecular complexity index is 847. The summed E-state index contributed by atoms with van der Waals surface area (Å²) >= 11 is 1.57. The third kappa shape index (κ3) is 3.67. The highest BCUT2D eigenvalue weighted by atomic mass is 32.1. The fraction of sp³-hybridized carbons (Fsp3) is 0.0556. The number of thiazole rings is 1. The molecule has 2 N–H and O–H groups in total. The molecule has 0 atom stereocenters. The van der Waals surface area contributed by atoms with Crippen molar-refractivity contribution in [1.29, 1.82) is 0 Å². The zero-order chi connectivity index (χ0) is 16.8. The predicted octanol–water partition coefficient (Wildman–Crippen LogP) is 3.31. The monoisotopic (exact) mass is 337 g/mol. The molecule has 0 saturated carbocycles. The van der Waals surface area contributed by atoms with Crippen molar-refractivity contribution in [2.45, 2.75) is 6.54 Å². The van der Waals surface area contributed by atoms with E-state index in [1.165, 1.54) is 0 Å². The highest BCUT2D eigenvalue weighted by Crippen LogP contribution is 2.22. The second-order valence-corrected chi connectivity index (χ2v) is 5.92. The summed E-state index contributed by atoms with van der Waals surface area (Å²) in [4.78, 5) is 27.3. The van der Waals surface area contributed by atoms with E-state index in [4.69, 9.17) is 0 Å². The lowest BCUT2D eigenvalue weighted by Crippen LogP contribution is -2.23. The first-order chi connectivity index (χ1) is 11.8. The molecule has 6 heteroatoms. The number of carbonyl (C=O) groups is 2. The topological polar surface area (TPSA) is 71.1 Å². The Morgan fingerprint density at radius 2 is 2.04 bits per heavy atom. The van der Waals surface area contributed by atoms with E-state index >= 15 is 0 Å². The van der Waals surface area contributed by atoms with Crippen molar-refractivity contribution in [2.75, 3.05) is 5.32 Å². The lowest BCUT2D eigenvalue weighted by Gasteiger charge is -2.09. The summed E-state index contributed by atoms with van der Waals surface area (Å²) in [7, 11) is 0. The summed E-state index contributed by atoms with van der Waals surface area (Å²) in [6.07, 6.45) is 2.33. The average molecular weight is 337 g/mol. The van der Waals surface area contributed by atoms with Gasteiger partial charge >= 0.3 is 0 Å². The van der Waals surface area contributed by atoms with Crippen LogP contribution in [0.1, 0.15) is 15.9 Å². The molecule has 0 aliphatic rings. The summed E-state index contributed by atoms with van der Waals surface area (Å²) < 4.78 is 0. The maximum Gasteiger partial charge on any atom is 0.253 e. The molecule has 1 aromatic heterocycles. The lowest BCUT2D eigenvalue weighted by molar-refractivity contribution is -0.105. The largest absolute Gasteiger partial charge is 0.348 e. The van der Waals surface area contributed by atoms with Crippen LogP contribution >= 0.6 is 11.3 Å². The Kier molecular flexibility index (Phi) is 4.98. The quantitative estimate of drug-likeness (QED) is 0.678. The molecular formula is C18H15N3O2S. The Morgan fingerprint density at radius 1 is 1.17 bits per heavy atom. The van der Waals surface area contributed by atoms with E-state index in [1.807, 2.05) is 29.6 Å². The van der Waals surface area contributed by atoms with Gasteiger partial charge in [0.25, 0.3) is 5.91 Å². The summed E-state index contributed by atoms with van der Waals surface area (Å²) in [5.41, 5.74) is 2.93. The van der Waals surface area contributed by atoms with Crippen LogP contribution < -0.4 is 10.6 Å². The van der Waals surface area contributed by atoms with Gasteiger partial charge in [0, 0.05) is 23.7 Å². The van der Waals surface area contributed by atoms with E-state index in [2.05, 4.69) is 15.6 Å². The molecule has 3 rings (SSSR count). The number of benzene rings is 2. The highest BCUT2D eigenvalue weighted by Gasteiger charge is 2.10. The predicted molar refractivity (Wildman–Crippen MR) is 94.8 cm³/mol. The summed E-state index contributed by atoms with van der Waals surface area (Å²) in [5, 5.41) is 8.29. The number of rotatable bonds is 6. The standard InChI is InChI=1S/C18H15N3O2S/c22-12-21-16-7-2-1-6-15(16)17(23)20-11-13-4-3-5-14(10-13)18-19-8-9-24-18/h1-10,12H,11H2,(H,20,23)(H,21,22). The van der Waals surface area contributed by atoms with E-state index in [0.717, 1.165) is 16.1 Å². The van der Waals surface area contributed by atoms with Crippen molar-refractivity contribution in [2.24, 2.45) is 0 Å². The van der Waals surface area contributed by atoms with Crippen LogP contribution in [0.2, 0.25) is 0 Å². The van der Waals surface area contributed by atoms with Crippen LogP contribution in [0, 0.1) is 0 Å². The fourth-order valence-corrected chi connectivity index (χ4v) is 2.96. The number of aromatic nitrogens is 1. The first-order valence-corrected chi connectivity index (χ1v) is 8.22. The number of para-hydroxylation sites is 1. The minimum Gasteiger partial charge on any atom is -0.348 e. The molecule has 24 heavy (non-hydrogen) atoms. The fourth-order valence-electron chi connectivity index (χ4n) is 2.33. The Balaban J connectivity index is 1.71. The highest BCUT2D eigenvalue weighted by molar-refractivity contribution is 7.13. The maximum atomic E-state index is 12.3. The number of nitrogens with one attached hydrogen (secondary N) is 2. The summed E-state index contributed by atoms with van der Waals surface area (Å²) in [6, 6.07) is 14.8. The first-order valence-electron chi connectivity index (χ1n) is 7.34. The molecule has 1 heterocycles.